The van der Waals surface area contributed by atoms with Crippen molar-refractivity contribution >= 4 is 39.2 Å². The lowest BCUT2D eigenvalue weighted by atomic mass is 9.88. The molecular formula is C21H23N3OS2. The molecule has 1 amide bonds. The van der Waals surface area contributed by atoms with Gasteiger partial charge in [-0.3, -0.25) is 4.79 Å². The highest BCUT2D eigenvalue weighted by Gasteiger charge is 2.25. The summed E-state index contributed by atoms with van der Waals surface area (Å²) in [5.41, 5.74) is 3.84. The van der Waals surface area contributed by atoms with Crippen LogP contribution in [0.15, 0.2) is 35.6 Å². The van der Waals surface area contributed by atoms with Gasteiger partial charge in [-0.15, -0.1) is 11.3 Å². The molecule has 1 aliphatic carbocycles. The van der Waals surface area contributed by atoms with E-state index in [0.29, 0.717) is 0 Å². The average molecular weight is 398 g/mol. The topological polar surface area (TPSA) is 54.9 Å². The lowest BCUT2D eigenvalue weighted by Crippen LogP contribution is -2.35. The third-order valence-corrected chi connectivity index (χ3v) is 7.49. The van der Waals surface area contributed by atoms with E-state index in [4.69, 9.17) is 0 Å². The van der Waals surface area contributed by atoms with Crippen LogP contribution < -0.4 is 5.32 Å². The molecule has 0 radical (unpaired) electrons. The molecule has 2 aromatic heterocycles. The Hall–Kier alpha value is -1.92. The number of aromatic nitrogens is 2. The highest BCUT2D eigenvalue weighted by molar-refractivity contribution is 8.00. The van der Waals surface area contributed by atoms with Gasteiger partial charge in [0.1, 0.15) is 16.2 Å². The zero-order valence-electron chi connectivity index (χ0n) is 15.8. The first-order valence-corrected chi connectivity index (χ1v) is 11.0. The number of fused-ring (bicyclic) bond motifs is 2. The van der Waals surface area contributed by atoms with E-state index >= 15 is 0 Å². The first-order chi connectivity index (χ1) is 13.0. The number of hydrogen-bond acceptors (Lipinski definition) is 5. The third kappa shape index (κ3) is 3.60. The average Bonchev–Trinajstić information content (AvgIpc) is 2.97. The van der Waals surface area contributed by atoms with Gasteiger partial charge in [-0.1, -0.05) is 36.0 Å². The van der Waals surface area contributed by atoms with Gasteiger partial charge in [-0.05, 0) is 56.7 Å². The van der Waals surface area contributed by atoms with Gasteiger partial charge < -0.3 is 5.32 Å². The van der Waals surface area contributed by atoms with E-state index < -0.39 is 0 Å². The fraction of sp³-hybridized carbons (Fsp3) is 0.381. The summed E-state index contributed by atoms with van der Waals surface area (Å²) in [5, 5.41) is 5.04. The SMILES string of the molecule is Cc1sc2ncnc(SC(C)C(=O)NC3CCCc4ccccc43)c2c1C. The minimum atomic E-state index is -0.211. The molecule has 2 atom stereocenters. The Labute approximate surface area is 167 Å². The smallest absolute Gasteiger partial charge is 0.233 e. The van der Waals surface area contributed by atoms with Gasteiger partial charge in [0, 0.05) is 10.3 Å². The Morgan fingerprint density at radius 1 is 1.30 bits per heavy atom. The van der Waals surface area contributed by atoms with Crippen LogP contribution in [0.2, 0.25) is 0 Å². The molecule has 27 heavy (non-hydrogen) atoms. The summed E-state index contributed by atoms with van der Waals surface area (Å²) in [6, 6.07) is 8.56. The van der Waals surface area contributed by atoms with Gasteiger partial charge >= 0.3 is 0 Å². The summed E-state index contributed by atoms with van der Waals surface area (Å²) in [7, 11) is 0. The van der Waals surface area contributed by atoms with Crippen molar-refractivity contribution in [2.75, 3.05) is 0 Å². The molecular weight excluding hydrogens is 374 g/mol. The molecule has 0 aliphatic heterocycles. The number of rotatable bonds is 4. The standard InChI is InChI=1S/C21H23N3OS2/c1-12-13(2)26-20-18(12)21(23-11-22-20)27-14(3)19(25)24-17-10-6-8-15-7-4-5-9-16(15)17/h4-5,7,9,11,14,17H,6,8,10H2,1-3H3,(H,24,25). The van der Waals surface area contributed by atoms with Crippen molar-refractivity contribution in [3.05, 3.63) is 52.2 Å². The van der Waals surface area contributed by atoms with Gasteiger partial charge in [-0.25, -0.2) is 9.97 Å². The molecule has 0 fully saturated rings. The summed E-state index contributed by atoms with van der Waals surface area (Å²) < 4.78 is 0. The number of nitrogens with one attached hydrogen (secondary N) is 1. The van der Waals surface area contributed by atoms with Crippen LogP contribution in [0.4, 0.5) is 0 Å². The number of amides is 1. The number of hydrogen-bond donors (Lipinski definition) is 1. The molecule has 4 nitrogen and oxygen atoms in total. The largest absolute Gasteiger partial charge is 0.348 e. The molecule has 0 bridgehead atoms. The second-order valence-electron chi connectivity index (χ2n) is 7.05. The quantitative estimate of drug-likeness (QED) is 0.498. The molecule has 1 aliphatic rings. The van der Waals surface area contributed by atoms with E-state index in [1.165, 1.54) is 33.3 Å². The zero-order valence-corrected chi connectivity index (χ0v) is 17.4. The van der Waals surface area contributed by atoms with Crippen molar-refractivity contribution in [2.24, 2.45) is 0 Å². The molecule has 4 rings (SSSR count). The Morgan fingerprint density at radius 3 is 2.96 bits per heavy atom. The summed E-state index contributed by atoms with van der Waals surface area (Å²) in [4.78, 5) is 24.0. The summed E-state index contributed by atoms with van der Waals surface area (Å²) in [5.74, 6) is 0.0677. The minimum Gasteiger partial charge on any atom is -0.348 e. The Kier molecular flexibility index (Phi) is 5.19. The Bertz CT molecular complexity index is 998. The first kappa shape index (κ1) is 18.4. The van der Waals surface area contributed by atoms with Crippen LogP contribution in [0.1, 0.15) is 47.4 Å². The normalized spacial score (nSPS) is 17.5. The van der Waals surface area contributed by atoms with Crippen molar-refractivity contribution in [1.29, 1.82) is 0 Å². The second kappa shape index (κ2) is 7.60. The molecule has 0 saturated heterocycles. The van der Waals surface area contributed by atoms with Crippen LogP contribution >= 0.6 is 23.1 Å². The van der Waals surface area contributed by atoms with Gasteiger partial charge in [0.2, 0.25) is 5.91 Å². The molecule has 2 unspecified atom stereocenters. The Morgan fingerprint density at radius 2 is 2.11 bits per heavy atom. The van der Waals surface area contributed by atoms with E-state index in [-0.39, 0.29) is 17.2 Å². The second-order valence-corrected chi connectivity index (χ2v) is 9.59. The first-order valence-electron chi connectivity index (χ1n) is 9.30. The lowest BCUT2D eigenvalue weighted by molar-refractivity contribution is -0.121. The van der Waals surface area contributed by atoms with Gasteiger partial charge in [-0.2, -0.15) is 0 Å². The van der Waals surface area contributed by atoms with Crippen molar-refractivity contribution in [2.45, 2.75) is 56.4 Å². The zero-order chi connectivity index (χ0) is 19.0. The highest BCUT2D eigenvalue weighted by atomic mass is 32.2. The van der Waals surface area contributed by atoms with E-state index in [9.17, 15) is 4.79 Å². The summed E-state index contributed by atoms with van der Waals surface area (Å²) in [6.07, 6.45) is 4.81. The van der Waals surface area contributed by atoms with E-state index in [1.807, 2.05) is 6.92 Å². The van der Waals surface area contributed by atoms with Crippen molar-refractivity contribution in [1.82, 2.24) is 15.3 Å². The van der Waals surface area contributed by atoms with Gasteiger partial charge in [0.05, 0.1) is 11.3 Å². The molecule has 0 saturated carbocycles. The molecule has 140 valence electrons. The Balaban J connectivity index is 1.51. The van der Waals surface area contributed by atoms with Crippen LogP contribution in [0.25, 0.3) is 10.2 Å². The van der Waals surface area contributed by atoms with Crippen molar-refractivity contribution in [3.8, 4) is 0 Å². The van der Waals surface area contributed by atoms with E-state index in [1.54, 1.807) is 17.7 Å². The van der Waals surface area contributed by atoms with Crippen LogP contribution in [0.3, 0.4) is 0 Å². The number of carbonyl (C=O) groups excluding carboxylic acids is 1. The predicted molar refractivity (Wildman–Crippen MR) is 112 cm³/mol. The monoisotopic (exact) mass is 397 g/mol. The van der Waals surface area contributed by atoms with E-state index in [0.717, 1.165) is 34.5 Å². The van der Waals surface area contributed by atoms with Gasteiger partial charge in [0.25, 0.3) is 0 Å². The molecule has 6 heteroatoms. The number of benzene rings is 1. The fourth-order valence-corrected chi connectivity index (χ4v) is 5.70. The number of thiophene rings is 1. The van der Waals surface area contributed by atoms with Crippen LogP contribution in [-0.2, 0) is 11.2 Å². The number of aryl methyl sites for hydroxylation is 3. The van der Waals surface area contributed by atoms with Crippen LogP contribution in [0, 0.1) is 13.8 Å². The van der Waals surface area contributed by atoms with Crippen molar-refractivity contribution < 1.29 is 4.79 Å². The molecule has 2 heterocycles. The number of thioether (sulfide) groups is 1. The molecule has 0 spiro atoms. The maximum Gasteiger partial charge on any atom is 0.233 e. The predicted octanol–water partition coefficient (Wildman–Crippen LogP) is 4.98. The van der Waals surface area contributed by atoms with Crippen LogP contribution in [-0.4, -0.2) is 21.1 Å². The maximum absolute atomic E-state index is 12.9. The molecule has 1 N–H and O–H groups in total. The third-order valence-electron chi connectivity index (χ3n) is 5.27. The summed E-state index contributed by atoms with van der Waals surface area (Å²) in [6.45, 7) is 6.16. The fourth-order valence-electron chi connectivity index (χ4n) is 3.65. The lowest BCUT2D eigenvalue weighted by Gasteiger charge is -2.27. The summed E-state index contributed by atoms with van der Waals surface area (Å²) >= 11 is 3.21. The molecule has 1 aromatic carbocycles. The maximum atomic E-state index is 12.9. The minimum absolute atomic E-state index is 0.0677. The number of nitrogens with zero attached hydrogens (tertiary/aromatic N) is 2. The number of carbonyl (C=O) groups is 1. The van der Waals surface area contributed by atoms with E-state index in [2.05, 4.69) is 53.4 Å². The van der Waals surface area contributed by atoms with Crippen molar-refractivity contribution in [3.63, 3.8) is 0 Å². The van der Waals surface area contributed by atoms with Crippen LogP contribution in [0.5, 0.6) is 0 Å². The highest BCUT2D eigenvalue weighted by Crippen LogP contribution is 2.36. The van der Waals surface area contributed by atoms with Gasteiger partial charge in [0.15, 0.2) is 0 Å². The molecule has 3 aromatic rings.